The fourth-order valence-electron chi connectivity index (χ4n) is 3.30. The van der Waals surface area contributed by atoms with Gasteiger partial charge in [-0.05, 0) is 31.2 Å². The minimum absolute atomic E-state index is 0.532. The van der Waals surface area contributed by atoms with E-state index in [9.17, 15) is 0 Å². The molecule has 1 aliphatic heterocycles. The zero-order chi connectivity index (χ0) is 15.5. The molecule has 1 saturated carbocycles. The molecule has 1 saturated heterocycles. The van der Waals surface area contributed by atoms with Gasteiger partial charge in [-0.15, -0.1) is 5.10 Å². The molecule has 120 valence electrons. The summed E-state index contributed by atoms with van der Waals surface area (Å²) < 4.78 is 2.12. The van der Waals surface area contributed by atoms with Crippen molar-refractivity contribution in [3.05, 3.63) is 53.9 Å². The number of rotatable bonds is 5. The Hall–Kier alpha value is -1.94. The van der Waals surface area contributed by atoms with Gasteiger partial charge in [0.15, 0.2) is 0 Å². The Morgan fingerprint density at radius 2 is 1.83 bits per heavy atom. The summed E-state index contributed by atoms with van der Waals surface area (Å²) in [6.45, 7) is 3.32. The second-order valence-electron chi connectivity index (χ2n) is 6.74. The maximum absolute atomic E-state index is 4.36. The summed E-state index contributed by atoms with van der Waals surface area (Å²) in [5, 5.41) is 8.71. The first-order chi connectivity index (χ1) is 11.4. The molecule has 0 atom stereocenters. The smallest absolute Gasteiger partial charge is 0.0858 e. The van der Waals surface area contributed by atoms with E-state index in [1.165, 1.54) is 36.9 Å². The Morgan fingerprint density at radius 3 is 2.57 bits per heavy atom. The Morgan fingerprint density at radius 1 is 1.04 bits per heavy atom. The molecule has 1 aromatic carbocycles. The maximum Gasteiger partial charge on any atom is 0.0858 e. The van der Waals surface area contributed by atoms with Gasteiger partial charge in [0.2, 0.25) is 0 Å². The average Bonchev–Trinajstić information content (AvgIpc) is 3.34. The molecule has 2 aromatic rings. The van der Waals surface area contributed by atoms with Gasteiger partial charge in [-0.1, -0.05) is 47.7 Å². The summed E-state index contributed by atoms with van der Waals surface area (Å²) in [6.07, 6.45) is 11.6. The highest BCUT2D eigenvalue weighted by molar-refractivity contribution is 5.48. The van der Waals surface area contributed by atoms with Crippen LogP contribution in [0.25, 0.3) is 6.08 Å². The van der Waals surface area contributed by atoms with Crippen molar-refractivity contribution in [3.63, 3.8) is 0 Å². The normalized spacial score (nSPS) is 20.3. The molecule has 0 spiro atoms. The second kappa shape index (κ2) is 6.67. The standard InChI is InChI=1S/C19H24N4/c1-2-5-16(6-3-1)7-4-12-22-13-10-18(11-14-22)23-15-19(20-21-23)17-8-9-17/h1-7,15,17-18H,8-14H2/b7-4+. The number of piperidine rings is 1. The van der Waals surface area contributed by atoms with E-state index in [2.05, 4.69) is 68.6 Å². The SMILES string of the molecule is C(=C\c1ccccc1)/CN1CCC(n2cc(C3CC3)nn2)CC1. The number of benzene rings is 1. The van der Waals surface area contributed by atoms with Crippen molar-refractivity contribution in [2.45, 2.75) is 37.6 Å². The lowest BCUT2D eigenvalue weighted by molar-refractivity contribution is 0.194. The van der Waals surface area contributed by atoms with E-state index in [1.807, 2.05) is 0 Å². The molecule has 1 aliphatic carbocycles. The van der Waals surface area contributed by atoms with Crippen LogP contribution in [-0.4, -0.2) is 39.5 Å². The molecule has 4 rings (SSSR count). The first-order valence-corrected chi connectivity index (χ1v) is 8.74. The van der Waals surface area contributed by atoms with Crippen molar-refractivity contribution in [2.24, 2.45) is 0 Å². The van der Waals surface area contributed by atoms with Crippen molar-refractivity contribution in [2.75, 3.05) is 19.6 Å². The monoisotopic (exact) mass is 308 g/mol. The zero-order valence-corrected chi connectivity index (χ0v) is 13.5. The lowest BCUT2D eigenvalue weighted by Gasteiger charge is -2.30. The highest BCUT2D eigenvalue weighted by atomic mass is 15.4. The lowest BCUT2D eigenvalue weighted by Crippen LogP contribution is -2.34. The predicted octanol–water partition coefficient (Wildman–Crippen LogP) is 3.51. The van der Waals surface area contributed by atoms with Gasteiger partial charge in [-0.25, -0.2) is 4.68 Å². The number of hydrogen-bond acceptors (Lipinski definition) is 3. The average molecular weight is 308 g/mol. The number of nitrogens with zero attached hydrogens (tertiary/aromatic N) is 4. The van der Waals surface area contributed by atoms with Gasteiger partial charge in [0.1, 0.15) is 0 Å². The van der Waals surface area contributed by atoms with E-state index >= 15 is 0 Å². The van der Waals surface area contributed by atoms with Gasteiger partial charge in [0.25, 0.3) is 0 Å². The minimum Gasteiger partial charge on any atom is -0.300 e. The Labute approximate surface area is 137 Å². The molecule has 4 heteroatoms. The van der Waals surface area contributed by atoms with Crippen LogP contribution in [0, 0.1) is 0 Å². The molecule has 0 bridgehead atoms. The molecule has 0 radical (unpaired) electrons. The first-order valence-electron chi connectivity index (χ1n) is 8.74. The molecule has 2 heterocycles. The molecule has 0 unspecified atom stereocenters. The van der Waals surface area contributed by atoms with Gasteiger partial charge in [-0.3, -0.25) is 4.90 Å². The largest absolute Gasteiger partial charge is 0.300 e. The highest BCUT2D eigenvalue weighted by Crippen LogP contribution is 2.39. The van der Waals surface area contributed by atoms with Crippen LogP contribution < -0.4 is 0 Å². The van der Waals surface area contributed by atoms with Crippen molar-refractivity contribution >= 4 is 6.08 Å². The van der Waals surface area contributed by atoms with Crippen LogP contribution in [0.2, 0.25) is 0 Å². The number of hydrogen-bond donors (Lipinski definition) is 0. The van der Waals surface area contributed by atoms with Gasteiger partial charge in [-0.2, -0.15) is 0 Å². The summed E-state index contributed by atoms with van der Waals surface area (Å²) in [7, 11) is 0. The third-order valence-electron chi connectivity index (χ3n) is 4.93. The van der Waals surface area contributed by atoms with Gasteiger partial charge >= 0.3 is 0 Å². The van der Waals surface area contributed by atoms with Crippen LogP contribution in [0.1, 0.15) is 48.9 Å². The molecular formula is C19H24N4. The van der Waals surface area contributed by atoms with Crippen molar-refractivity contribution in [1.29, 1.82) is 0 Å². The quantitative estimate of drug-likeness (QED) is 0.847. The van der Waals surface area contributed by atoms with E-state index < -0.39 is 0 Å². The maximum atomic E-state index is 4.36. The van der Waals surface area contributed by atoms with Crippen LogP contribution in [0.5, 0.6) is 0 Å². The van der Waals surface area contributed by atoms with Crippen LogP contribution >= 0.6 is 0 Å². The van der Waals surface area contributed by atoms with Gasteiger partial charge in [0, 0.05) is 31.7 Å². The lowest BCUT2D eigenvalue weighted by atomic mass is 10.1. The first kappa shape index (κ1) is 14.6. The molecular weight excluding hydrogens is 284 g/mol. The second-order valence-corrected chi connectivity index (χ2v) is 6.74. The summed E-state index contributed by atoms with van der Waals surface area (Å²) >= 11 is 0. The number of likely N-dealkylation sites (tertiary alicyclic amines) is 1. The van der Waals surface area contributed by atoms with Gasteiger partial charge < -0.3 is 0 Å². The fourth-order valence-corrected chi connectivity index (χ4v) is 3.30. The molecule has 23 heavy (non-hydrogen) atoms. The van der Waals surface area contributed by atoms with Crippen LogP contribution in [-0.2, 0) is 0 Å². The molecule has 0 N–H and O–H groups in total. The van der Waals surface area contributed by atoms with E-state index in [0.29, 0.717) is 12.0 Å². The summed E-state index contributed by atoms with van der Waals surface area (Å²) in [6, 6.07) is 11.0. The van der Waals surface area contributed by atoms with Crippen molar-refractivity contribution in [3.8, 4) is 0 Å². The molecule has 1 aromatic heterocycles. The Bertz CT molecular complexity index is 649. The van der Waals surface area contributed by atoms with E-state index in [-0.39, 0.29) is 0 Å². The summed E-state index contributed by atoms with van der Waals surface area (Å²) in [4.78, 5) is 2.52. The Balaban J connectivity index is 1.26. The molecule has 4 nitrogen and oxygen atoms in total. The predicted molar refractivity (Wildman–Crippen MR) is 92.2 cm³/mol. The van der Waals surface area contributed by atoms with Crippen LogP contribution in [0.3, 0.4) is 0 Å². The van der Waals surface area contributed by atoms with Crippen molar-refractivity contribution in [1.82, 2.24) is 19.9 Å². The summed E-state index contributed by atoms with van der Waals surface area (Å²) in [5.74, 6) is 0.701. The third kappa shape index (κ3) is 3.70. The third-order valence-corrected chi connectivity index (χ3v) is 4.93. The molecule has 2 aliphatic rings. The zero-order valence-electron chi connectivity index (χ0n) is 13.5. The minimum atomic E-state index is 0.532. The topological polar surface area (TPSA) is 34.0 Å². The van der Waals surface area contributed by atoms with E-state index in [1.54, 1.807) is 0 Å². The number of aromatic nitrogens is 3. The van der Waals surface area contributed by atoms with E-state index in [0.717, 1.165) is 19.6 Å². The van der Waals surface area contributed by atoms with Crippen molar-refractivity contribution < 1.29 is 0 Å². The van der Waals surface area contributed by atoms with E-state index in [4.69, 9.17) is 0 Å². The van der Waals surface area contributed by atoms with Gasteiger partial charge in [0.05, 0.1) is 11.7 Å². The molecule has 2 fully saturated rings. The summed E-state index contributed by atoms with van der Waals surface area (Å²) in [5.41, 5.74) is 2.48. The molecule has 0 amide bonds. The van der Waals surface area contributed by atoms with Crippen LogP contribution in [0.15, 0.2) is 42.6 Å². The van der Waals surface area contributed by atoms with Crippen LogP contribution in [0.4, 0.5) is 0 Å². The Kier molecular flexibility index (Phi) is 4.24. The highest BCUT2D eigenvalue weighted by Gasteiger charge is 2.28. The fraction of sp³-hybridized carbons (Fsp3) is 0.474.